The zero-order valence-corrected chi connectivity index (χ0v) is 17.4. The Labute approximate surface area is 167 Å². The number of sulfonamides is 1. The van der Waals surface area contributed by atoms with Gasteiger partial charge in [0, 0.05) is 52.4 Å². The van der Waals surface area contributed by atoms with Crippen molar-refractivity contribution in [2.75, 3.05) is 60.1 Å². The molecule has 1 atom stereocenters. The SMILES string of the molecule is COCCN1CC[C@@H](N2CCCN(S(=O)(=O)c3cccc(OC)c3)CC2)C1=O. The van der Waals surface area contributed by atoms with Crippen LogP contribution in [0.25, 0.3) is 0 Å². The molecule has 0 unspecified atom stereocenters. The highest BCUT2D eigenvalue weighted by Crippen LogP contribution is 2.24. The Kier molecular flexibility index (Phi) is 6.92. The number of nitrogens with zero attached hydrogens (tertiary/aromatic N) is 3. The summed E-state index contributed by atoms with van der Waals surface area (Å²) in [5.74, 6) is 0.645. The van der Waals surface area contributed by atoms with Crippen molar-refractivity contribution >= 4 is 15.9 Å². The summed E-state index contributed by atoms with van der Waals surface area (Å²) in [6.07, 6.45) is 1.48. The summed E-state index contributed by atoms with van der Waals surface area (Å²) in [5, 5.41) is 0. The number of methoxy groups -OCH3 is 2. The van der Waals surface area contributed by atoms with Crippen LogP contribution < -0.4 is 4.74 Å². The zero-order chi connectivity index (χ0) is 20.1. The molecule has 156 valence electrons. The molecular weight excluding hydrogens is 382 g/mol. The summed E-state index contributed by atoms with van der Waals surface area (Å²) in [6.45, 7) is 3.97. The molecule has 8 nitrogen and oxygen atoms in total. The normalized spacial score (nSPS) is 22.4. The van der Waals surface area contributed by atoms with E-state index >= 15 is 0 Å². The Balaban J connectivity index is 1.65. The molecule has 0 bridgehead atoms. The fourth-order valence-corrected chi connectivity index (χ4v) is 5.37. The number of benzene rings is 1. The Bertz CT molecular complexity index is 786. The lowest BCUT2D eigenvalue weighted by Crippen LogP contribution is -2.44. The highest BCUT2D eigenvalue weighted by atomic mass is 32.2. The highest BCUT2D eigenvalue weighted by molar-refractivity contribution is 7.89. The highest BCUT2D eigenvalue weighted by Gasteiger charge is 2.37. The van der Waals surface area contributed by atoms with E-state index in [0.29, 0.717) is 45.0 Å². The van der Waals surface area contributed by atoms with Gasteiger partial charge >= 0.3 is 0 Å². The lowest BCUT2D eigenvalue weighted by Gasteiger charge is -2.26. The second-order valence-corrected chi connectivity index (χ2v) is 9.03. The Hall–Kier alpha value is -1.68. The molecule has 0 spiro atoms. The van der Waals surface area contributed by atoms with Crippen molar-refractivity contribution in [2.45, 2.75) is 23.8 Å². The minimum atomic E-state index is -3.59. The van der Waals surface area contributed by atoms with Crippen LogP contribution in [0, 0.1) is 0 Å². The molecule has 2 fully saturated rings. The van der Waals surface area contributed by atoms with Gasteiger partial charge in [0.15, 0.2) is 0 Å². The quantitative estimate of drug-likeness (QED) is 0.655. The van der Waals surface area contributed by atoms with Gasteiger partial charge < -0.3 is 14.4 Å². The van der Waals surface area contributed by atoms with Gasteiger partial charge in [0.1, 0.15) is 5.75 Å². The first-order valence-electron chi connectivity index (χ1n) is 9.63. The minimum absolute atomic E-state index is 0.126. The van der Waals surface area contributed by atoms with Crippen LogP contribution in [0.1, 0.15) is 12.8 Å². The predicted molar refractivity (Wildman–Crippen MR) is 105 cm³/mol. The third-order valence-corrected chi connectivity index (χ3v) is 7.34. The number of amides is 1. The summed E-state index contributed by atoms with van der Waals surface area (Å²) < 4.78 is 37.8. The molecule has 3 rings (SSSR count). The predicted octanol–water partition coefficient (Wildman–Crippen LogP) is 0.639. The first kappa shape index (κ1) is 21.0. The number of hydrogen-bond donors (Lipinski definition) is 0. The molecule has 2 aliphatic heterocycles. The molecule has 2 saturated heterocycles. The van der Waals surface area contributed by atoms with Crippen LogP contribution in [0.3, 0.4) is 0 Å². The van der Waals surface area contributed by atoms with Crippen LogP contribution in [0.15, 0.2) is 29.2 Å². The first-order valence-corrected chi connectivity index (χ1v) is 11.1. The van der Waals surface area contributed by atoms with E-state index in [-0.39, 0.29) is 16.8 Å². The van der Waals surface area contributed by atoms with Crippen molar-refractivity contribution in [3.05, 3.63) is 24.3 Å². The molecule has 0 aromatic heterocycles. The second kappa shape index (κ2) is 9.21. The summed E-state index contributed by atoms with van der Waals surface area (Å²) in [4.78, 5) is 16.9. The fourth-order valence-electron chi connectivity index (χ4n) is 3.86. The summed E-state index contributed by atoms with van der Waals surface area (Å²) >= 11 is 0. The van der Waals surface area contributed by atoms with Gasteiger partial charge in [0.2, 0.25) is 15.9 Å². The minimum Gasteiger partial charge on any atom is -0.497 e. The topological polar surface area (TPSA) is 79.4 Å². The van der Waals surface area contributed by atoms with E-state index in [1.807, 2.05) is 4.90 Å². The average molecular weight is 412 g/mol. The van der Waals surface area contributed by atoms with Gasteiger partial charge in [-0.25, -0.2) is 8.42 Å². The van der Waals surface area contributed by atoms with Gasteiger partial charge in [-0.2, -0.15) is 4.31 Å². The molecule has 28 heavy (non-hydrogen) atoms. The van der Waals surface area contributed by atoms with Gasteiger partial charge in [-0.1, -0.05) is 6.07 Å². The number of likely N-dealkylation sites (tertiary alicyclic amines) is 1. The Morgan fingerprint density at radius 1 is 1.11 bits per heavy atom. The van der Waals surface area contributed by atoms with Gasteiger partial charge in [0.25, 0.3) is 0 Å². The number of rotatable bonds is 7. The number of carbonyl (C=O) groups excluding carboxylic acids is 1. The maximum atomic E-state index is 13.0. The molecule has 1 aromatic rings. The van der Waals surface area contributed by atoms with Crippen molar-refractivity contribution in [1.29, 1.82) is 0 Å². The standard InChI is InChI=1S/C19H29N3O5S/c1-26-14-13-21-10-7-18(19(21)23)20-8-4-9-22(12-11-20)28(24,25)17-6-3-5-16(15-17)27-2/h3,5-6,15,18H,4,7-14H2,1-2H3/t18-/m1/s1. The summed E-state index contributed by atoms with van der Waals surface area (Å²) in [6, 6.07) is 6.39. The van der Waals surface area contributed by atoms with Crippen LogP contribution in [0.5, 0.6) is 5.75 Å². The van der Waals surface area contributed by atoms with E-state index in [0.717, 1.165) is 19.5 Å². The fraction of sp³-hybridized carbons (Fsp3) is 0.632. The van der Waals surface area contributed by atoms with E-state index in [1.165, 1.54) is 11.4 Å². The smallest absolute Gasteiger partial charge is 0.243 e. The second-order valence-electron chi connectivity index (χ2n) is 7.10. The zero-order valence-electron chi connectivity index (χ0n) is 16.5. The summed E-state index contributed by atoms with van der Waals surface area (Å²) in [7, 11) is -0.439. The van der Waals surface area contributed by atoms with Crippen LogP contribution >= 0.6 is 0 Å². The first-order chi connectivity index (χ1) is 13.5. The average Bonchev–Trinajstić information content (AvgIpc) is 2.91. The number of ether oxygens (including phenoxy) is 2. The van der Waals surface area contributed by atoms with E-state index in [9.17, 15) is 13.2 Å². The van der Waals surface area contributed by atoms with Gasteiger partial charge in [-0.05, 0) is 25.0 Å². The van der Waals surface area contributed by atoms with Crippen LogP contribution in [0.2, 0.25) is 0 Å². The van der Waals surface area contributed by atoms with Gasteiger partial charge in [-0.3, -0.25) is 9.69 Å². The molecule has 0 N–H and O–H groups in total. The van der Waals surface area contributed by atoms with E-state index in [4.69, 9.17) is 9.47 Å². The molecule has 0 radical (unpaired) electrons. The largest absolute Gasteiger partial charge is 0.497 e. The Morgan fingerprint density at radius 2 is 1.93 bits per heavy atom. The molecule has 1 aromatic carbocycles. The molecule has 9 heteroatoms. The third kappa shape index (κ3) is 4.48. The van der Waals surface area contributed by atoms with Crippen molar-refractivity contribution in [3.63, 3.8) is 0 Å². The van der Waals surface area contributed by atoms with Crippen molar-refractivity contribution in [3.8, 4) is 5.75 Å². The van der Waals surface area contributed by atoms with E-state index in [2.05, 4.69) is 4.90 Å². The molecular formula is C19H29N3O5S. The van der Waals surface area contributed by atoms with Gasteiger partial charge in [0.05, 0.1) is 24.7 Å². The number of carbonyl (C=O) groups is 1. The monoisotopic (exact) mass is 411 g/mol. The van der Waals surface area contributed by atoms with E-state index < -0.39 is 10.0 Å². The summed E-state index contributed by atoms with van der Waals surface area (Å²) in [5.41, 5.74) is 0. The third-order valence-electron chi connectivity index (χ3n) is 5.44. The van der Waals surface area contributed by atoms with Crippen molar-refractivity contribution < 1.29 is 22.7 Å². The van der Waals surface area contributed by atoms with Crippen LogP contribution in [-0.2, 0) is 19.6 Å². The van der Waals surface area contributed by atoms with Gasteiger partial charge in [-0.15, -0.1) is 0 Å². The van der Waals surface area contributed by atoms with Crippen molar-refractivity contribution in [2.24, 2.45) is 0 Å². The molecule has 2 aliphatic rings. The van der Waals surface area contributed by atoms with E-state index in [1.54, 1.807) is 31.4 Å². The number of hydrogen-bond acceptors (Lipinski definition) is 6. The van der Waals surface area contributed by atoms with Crippen molar-refractivity contribution in [1.82, 2.24) is 14.1 Å². The maximum absolute atomic E-state index is 13.0. The van der Waals surface area contributed by atoms with Crippen LogP contribution in [0.4, 0.5) is 0 Å². The molecule has 0 aliphatic carbocycles. The molecule has 1 amide bonds. The lowest BCUT2D eigenvalue weighted by atomic mass is 10.2. The Morgan fingerprint density at radius 3 is 2.68 bits per heavy atom. The maximum Gasteiger partial charge on any atom is 0.243 e. The lowest BCUT2D eigenvalue weighted by molar-refractivity contribution is -0.132. The molecule has 2 heterocycles. The van der Waals surface area contributed by atoms with Crippen LogP contribution in [-0.4, -0.2) is 94.6 Å². The molecule has 0 saturated carbocycles.